The fourth-order valence-corrected chi connectivity index (χ4v) is 2.36. The summed E-state index contributed by atoms with van der Waals surface area (Å²) in [6.07, 6.45) is 0.597. The number of esters is 2. The third-order valence-corrected chi connectivity index (χ3v) is 3.47. The van der Waals surface area contributed by atoms with Gasteiger partial charge in [0.15, 0.2) is 5.96 Å². The van der Waals surface area contributed by atoms with E-state index in [4.69, 9.17) is 20.9 Å². The van der Waals surface area contributed by atoms with Gasteiger partial charge in [0, 0.05) is 6.42 Å². The molecule has 122 valence electrons. The van der Waals surface area contributed by atoms with Crippen molar-refractivity contribution in [1.29, 1.82) is 0 Å². The highest BCUT2D eigenvalue weighted by Gasteiger charge is 2.19. The highest BCUT2D eigenvalue weighted by Crippen LogP contribution is 2.23. The van der Waals surface area contributed by atoms with Crippen molar-refractivity contribution in [3.8, 4) is 5.75 Å². The van der Waals surface area contributed by atoms with E-state index in [2.05, 4.69) is 4.99 Å². The molecule has 0 aliphatic carbocycles. The second kappa shape index (κ2) is 6.41. The highest BCUT2D eigenvalue weighted by atomic mass is 16.5. The van der Waals surface area contributed by atoms with E-state index in [0.717, 1.165) is 5.56 Å². The summed E-state index contributed by atoms with van der Waals surface area (Å²) < 4.78 is 10.3. The lowest BCUT2D eigenvalue weighted by molar-refractivity contribution is 0.0480. The number of hydrogen-bond acceptors (Lipinski definition) is 5. The van der Waals surface area contributed by atoms with Crippen molar-refractivity contribution in [3.63, 3.8) is 0 Å². The molecule has 7 nitrogen and oxygen atoms in total. The molecule has 0 bridgehead atoms. The Morgan fingerprint density at radius 2 is 1.88 bits per heavy atom. The Hall–Kier alpha value is -3.35. The lowest BCUT2D eigenvalue weighted by Crippen LogP contribution is -2.21. The number of nitrogens with zero attached hydrogens (tertiary/aromatic N) is 1. The minimum atomic E-state index is -0.510. The third kappa shape index (κ3) is 3.35. The number of aliphatic imine (C=N–C) groups is 1. The summed E-state index contributed by atoms with van der Waals surface area (Å²) in [5.41, 5.74) is 12.8. The topological polar surface area (TPSA) is 117 Å². The summed E-state index contributed by atoms with van der Waals surface area (Å²) >= 11 is 0. The van der Waals surface area contributed by atoms with Crippen LogP contribution in [0.5, 0.6) is 5.75 Å². The lowest BCUT2D eigenvalue weighted by Gasteiger charge is -2.16. The Bertz CT molecular complexity index is 824. The number of cyclic esters (lactones) is 1. The van der Waals surface area contributed by atoms with Crippen molar-refractivity contribution >= 4 is 23.6 Å². The van der Waals surface area contributed by atoms with Gasteiger partial charge in [-0.1, -0.05) is 0 Å². The van der Waals surface area contributed by atoms with Crippen molar-refractivity contribution in [2.75, 3.05) is 6.61 Å². The molecule has 0 unspecified atom stereocenters. The summed E-state index contributed by atoms with van der Waals surface area (Å²) in [6.45, 7) is 0.329. The van der Waals surface area contributed by atoms with Crippen molar-refractivity contribution in [2.24, 2.45) is 16.5 Å². The molecule has 4 N–H and O–H groups in total. The standard InChI is InChI=1S/C17H15N3O4/c18-17(19)20-12-3-1-10(2-4-12)15(21)24-13-5-6-14-11(9-13)7-8-23-16(14)22/h1-6,9H,7-8H2,(H4,18,19,20). The van der Waals surface area contributed by atoms with Crippen molar-refractivity contribution in [2.45, 2.75) is 6.42 Å². The molecule has 3 rings (SSSR count). The normalized spacial score (nSPS) is 12.8. The van der Waals surface area contributed by atoms with E-state index in [1.165, 1.54) is 0 Å². The predicted octanol–water partition coefficient (Wildman–Crippen LogP) is 1.52. The Kier molecular flexibility index (Phi) is 4.15. The van der Waals surface area contributed by atoms with Gasteiger partial charge in [0.05, 0.1) is 23.4 Å². The molecule has 2 aromatic carbocycles. The maximum Gasteiger partial charge on any atom is 0.343 e. The summed E-state index contributed by atoms with van der Waals surface area (Å²) in [5, 5.41) is 0. The van der Waals surface area contributed by atoms with E-state index in [1.807, 2.05) is 0 Å². The van der Waals surface area contributed by atoms with Crippen LogP contribution in [-0.4, -0.2) is 24.5 Å². The maximum atomic E-state index is 12.2. The van der Waals surface area contributed by atoms with Crippen LogP contribution in [0.1, 0.15) is 26.3 Å². The van der Waals surface area contributed by atoms with Gasteiger partial charge in [0.1, 0.15) is 5.75 Å². The number of ether oxygens (including phenoxy) is 2. The van der Waals surface area contributed by atoms with Crippen LogP contribution in [0.3, 0.4) is 0 Å². The second-order valence-electron chi connectivity index (χ2n) is 5.18. The number of carbonyl (C=O) groups excluding carboxylic acids is 2. The monoisotopic (exact) mass is 325 g/mol. The first-order chi connectivity index (χ1) is 11.5. The van der Waals surface area contributed by atoms with Crippen molar-refractivity contribution < 1.29 is 19.1 Å². The van der Waals surface area contributed by atoms with Gasteiger partial charge < -0.3 is 20.9 Å². The van der Waals surface area contributed by atoms with Gasteiger partial charge in [-0.15, -0.1) is 0 Å². The highest BCUT2D eigenvalue weighted by molar-refractivity contribution is 5.93. The molecule has 0 radical (unpaired) electrons. The molecule has 1 aliphatic rings. The fourth-order valence-electron chi connectivity index (χ4n) is 2.36. The summed E-state index contributed by atoms with van der Waals surface area (Å²) in [5.74, 6) is -0.548. The van der Waals surface area contributed by atoms with E-state index in [1.54, 1.807) is 42.5 Å². The minimum Gasteiger partial charge on any atom is -0.462 e. The molecule has 0 amide bonds. The third-order valence-electron chi connectivity index (χ3n) is 3.47. The average Bonchev–Trinajstić information content (AvgIpc) is 2.55. The van der Waals surface area contributed by atoms with Gasteiger partial charge >= 0.3 is 11.9 Å². The van der Waals surface area contributed by atoms with E-state index in [9.17, 15) is 9.59 Å². The molecule has 0 atom stereocenters. The summed E-state index contributed by atoms with van der Waals surface area (Å²) in [6, 6.07) is 11.2. The Labute approximate surface area is 137 Å². The largest absolute Gasteiger partial charge is 0.462 e. The molecule has 0 aromatic heterocycles. The van der Waals surface area contributed by atoms with Crippen molar-refractivity contribution in [1.82, 2.24) is 0 Å². The fraction of sp³-hybridized carbons (Fsp3) is 0.118. The number of nitrogens with two attached hydrogens (primary N) is 2. The first kappa shape index (κ1) is 15.5. The Balaban J connectivity index is 1.75. The van der Waals surface area contributed by atoms with Gasteiger partial charge in [-0.2, -0.15) is 0 Å². The molecular weight excluding hydrogens is 310 g/mol. The van der Waals surface area contributed by atoms with Gasteiger partial charge in [0.2, 0.25) is 0 Å². The maximum absolute atomic E-state index is 12.2. The lowest BCUT2D eigenvalue weighted by atomic mass is 10.0. The Morgan fingerprint density at radius 1 is 1.12 bits per heavy atom. The molecule has 1 heterocycles. The molecule has 0 saturated carbocycles. The average molecular weight is 325 g/mol. The first-order valence-electron chi connectivity index (χ1n) is 7.25. The number of guanidine groups is 1. The van der Waals surface area contributed by atoms with E-state index >= 15 is 0 Å². The van der Waals surface area contributed by atoms with Crippen LogP contribution in [-0.2, 0) is 11.2 Å². The minimum absolute atomic E-state index is 0.0575. The van der Waals surface area contributed by atoms with E-state index < -0.39 is 5.97 Å². The molecular formula is C17H15N3O4. The molecule has 0 fully saturated rings. The smallest absolute Gasteiger partial charge is 0.343 e. The van der Waals surface area contributed by atoms with Crippen LogP contribution in [0.2, 0.25) is 0 Å². The van der Waals surface area contributed by atoms with Crippen molar-refractivity contribution in [3.05, 3.63) is 59.2 Å². The van der Waals surface area contributed by atoms with Gasteiger partial charge in [-0.3, -0.25) is 0 Å². The molecule has 7 heteroatoms. The molecule has 24 heavy (non-hydrogen) atoms. The van der Waals surface area contributed by atoms with E-state index in [-0.39, 0.29) is 11.9 Å². The Morgan fingerprint density at radius 3 is 2.58 bits per heavy atom. The molecule has 2 aromatic rings. The molecule has 0 saturated heterocycles. The first-order valence-corrected chi connectivity index (χ1v) is 7.25. The zero-order valence-corrected chi connectivity index (χ0v) is 12.7. The van der Waals surface area contributed by atoms with Crippen LogP contribution in [0.25, 0.3) is 0 Å². The van der Waals surface area contributed by atoms with Gasteiger partial charge in [0.25, 0.3) is 0 Å². The van der Waals surface area contributed by atoms with Crippen LogP contribution in [0.15, 0.2) is 47.5 Å². The van der Waals surface area contributed by atoms with Crippen LogP contribution in [0, 0.1) is 0 Å². The van der Waals surface area contributed by atoms with Crippen LogP contribution < -0.4 is 16.2 Å². The molecule has 1 aliphatic heterocycles. The van der Waals surface area contributed by atoms with Gasteiger partial charge in [-0.05, 0) is 48.0 Å². The van der Waals surface area contributed by atoms with Crippen LogP contribution in [0.4, 0.5) is 5.69 Å². The quantitative estimate of drug-likeness (QED) is 0.382. The van der Waals surface area contributed by atoms with Crippen LogP contribution >= 0.6 is 0 Å². The van der Waals surface area contributed by atoms with E-state index in [0.29, 0.717) is 35.6 Å². The summed E-state index contributed by atoms with van der Waals surface area (Å²) in [7, 11) is 0. The SMILES string of the molecule is NC(N)=Nc1ccc(C(=O)Oc2ccc3c(c2)CCOC3=O)cc1. The predicted molar refractivity (Wildman–Crippen MR) is 87.3 cm³/mol. The second-order valence-corrected chi connectivity index (χ2v) is 5.18. The number of fused-ring (bicyclic) bond motifs is 1. The summed E-state index contributed by atoms with van der Waals surface area (Å²) in [4.78, 5) is 27.6. The number of benzene rings is 2. The molecule has 0 spiro atoms. The number of carbonyl (C=O) groups is 2. The number of hydrogen-bond donors (Lipinski definition) is 2. The number of rotatable bonds is 3. The zero-order chi connectivity index (χ0) is 17.1. The van der Waals surface area contributed by atoms with Gasteiger partial charge in [-0.25, -0.2) is 14.6 Å². The zero-order valence-electron chi connectivity index (χ0n) is 12.7.